The molecule has 0 saturated heterocycles. The highest BCUT2D eigenvalue weighted by molar-refractivity contribution is 6.18. The molecule has 2 nitrogen and oxygen atoms in total. The van der Waals surface area contributed by atoms with Crippen molar-refractivity contribution in [3.8, 4) is 33.4 Å². The molecule has 0 amide bonds. The average Bonchev–Trinajstić information content (AvgIpc) is 3.67. The third-order valence-corrected chi connectivity index (χ3v) is 11.2. The van der Waals surface area contributed by atoms with Gasteiger partial charge in [-0.15, -0.1) is 0 Å². The Bertz CT molecular complexity index is 3240. The van der Waals surface area contributed by atoms with Crippen molar-refractivity contribution in [1.29, 1.82) is 0 Å². The van der Waals surface area contributed by atoms with E-state index in [1.807, 2.05) is 0 Å². The zero-order chi connectivity index (χ0) is 37.0. The van der Waals surface area contributed by atoms with Crippen LogP contribution in [0.4, 0.5) is 17.1 Å². The first-order chi connectivity index (χ1) is 27.8. The van der Waals surface area contributed by atoms with E-state index in [9.17, 15) is 0 Å². The summed E-state index contributed by atoms with van der Waals surface area (Å²) in [7, 11) is 0. The van der Waals surface area contributed by atoms with Gasteiger partial charge in [0.25, 0.3) is 0 Å². The minimum Gasteiger partial charge on any atom is -0.455 e. The summed E-state index contributed by atoms with van der Waals surface area (Å²) in [5, 5.41) is 9.45. The number of rotatable bonds is 6. The Kier molecular flexibility index (Phi) is 7.53. The zero-order valence-corrected chi connectivity index (χ0v) is 30.6. The first kappa shape index (κ1) is 32.0. The monoisotopic (exact) mass is 713 g/mol. The molecule has 0 saturated carbocycles. The molecule has 0 aliphatic carbocycles. The number of hydrogen-bond donors (Lipinski definition) is 0. The van der Waals surface area contributed by atoms with Crippen molar-refractivity contribution < 1.29 is 4.42 Å². The first-order valence-corrected chi connectivity index (χ1v) is 19.2. The molecule has 0 bridgehead atoms. The van der Waals surface area contributed by atoms with E-state index in [-0.39, 0.29) is 0 Å². The summed E-state index contributed by atoms with van der Waals surface area (Å²) in [4.78, 5) is 2.41. The summed E-state index contributed by atoms with van der Waals surface area (Å²) < 4.78 is 6.93. The van der Waals surface area contributed by atoms with Crippen molar-refractivity contribution in [3.05, 3.63) is 212 Å². The highest BCUT2D eigenvalue weighted by Crippen LogP contribution is 2.48. The van der Waals surface area contributed by atoms with Crippen molar-refractivity contribution in [2.75, 3.05) is 4.90 Å². The molecule has 10 aromatic carbocycles. The Hall–Kier alpha value is -7.42. The molecular formula is C54H35NO. The second-order valence-electron chi connectivity index (χ2n) is 14.5. The lowest BCUT2D eigenvalue weighted by Crippen LogP contribution is -2.11. The molecule has 11 rings (SSSR count). The summed E-state index contributed by atoms with van der Waals surface area (Å²) in [6.45, 7) is 0. The topological polar surface area (TPSA) is 16.4 Å². The molecule has 56 heavy (non-hydrogen) atoms. The molecule has 0 aliphatic rings. The van der Waals surface area contributed by atoms with Gasteiger partial charge in [0, 0.05) is 22.0 Å². The largest absolute Gasteiger partial charge is 0.455 e. The molecule has 1 heterocycles. The van der Waals surface area contributed by atoms with E-state index in [0.29, 0.717) is 0 Å². The highest BCUT2D eigenvalue weighted by atomic mass is 16.3. The fourth-order valence-electron chi connectivity index (χ4n) is 8.53. The predicted octanol–water partition coefficient (Wildman–Crippen LogP) is 15.5. The van der Waals surface area contributed by atoms with E-state index in [0.717, 1.165) is 50.1 Å². The van der Waals surface area contributed by atoms with Crippen LogP contribution in [0.5, 0.6) is 0 Å². The van der Waals surface area contributed by atoms with Crippen LogP contribution in [0.3, 0.4) is 0 Å². The van der Waals surface area contributed by atoms with Gasteiger partial charge in [0.1, 0.15) is 11.2 Å². The Balaban J connectivity index is 1.15. The van der Waals surface area contributed by atoms with Gasteiger partial charge in [-0.3, -0.25) is 0 Å². The number of furan rings is 1. The minimum absolute atomic E-state index is 0.866. The maximum absolute atomic E-state index is 6.93. The average molecular weight is 714 g/mol. The lowest BCUT2D eigenvalue weighted by atomic mass is 9.92. The van der Waals surface area contributed by atoms with Gasteiger partial charge in [-0.05, 0) is 109 Å². The summed E-state index contributed by atoms with van der Waals surface area (Å²) in [5.41, 5.74) is 11.9. The van der Waals surface area contributed by atoms with Gasteiger partial charge in [0.05, 0.1) is 16.8 Å². The molecule has 0 aliphatic heterocycles. The summed E-state index contributed by atoms with van der Waals surface area (Å²) >= 11 is 0. The lowest BCUT2D eigenvalue weighted by molar-refractivity contribution is 0.670. The van der Waals surface area contributed by atoms with Crippen molar-refractivity contribution >= 4 is 71.3 Å². The molecule has 0 radical (unpaired) electrons. The van der Waals surface area contributed by atoms with E-state index in [4.69, 9.17) is 4.42 Å². The quantitative estimate of drug-likeness (QED) is 0.171. The van der Waals surface area contributed by atoms with Gasteiger partial charge in [-0.2, -0.15) is 0 Å². The van der Waals surface area contributed by atoms with Crippen LogP contribution >= 0.6 is 0 Å². The van der Waals surface area contributed by atoms with Crippen LogP contribution in [0.2, 0.25) is 0 Å². The molecule has 1 aromatic heterocycles. The fraction of sp³-hybridized carbons (Fsp3) is 0. The number of anilines is 3. The molecule has 262 valence electrons. The molecule has 0 N–H and O–H groups in total. The SMILES string of the molecule is c1ccc(-c2cc(-c3ccc(N(c4ccc(-c5ccc6ccccc6c5)cc4)c4cccc5ccccc45)c4c3oc3ccccc34)cc3ccccc23)cc1. The number of benzene rings is 10. The number of fused-ring (bicyclic) bond motifs is 6. The van der Waals surface area contributed by atoms with E-state index in [1.54, 1.807) is 0 Å². The van der Waals surface area contributed by atoms with Gasteiger partial charge in [0.15, 0.2) is 0 Å². The zero-order valence-electron chi connectivity index (χ0n) is 30.6. The Labute approximate surface area is 325 Å². The van der Waals surface area contributed by atoms with Crippen LogP contribution in [-0.4, -0.2) is 0 Å². The van der Waals surface area contributed by atoms with E-state index in [1.165, 1.54) is 54.6 Å². The molecule has 0 fully saturated rings. The van der Waals surface area contributed by atoms with Crippen molar-refractivity contribution in [2.45, 2.75) is 0 Å². The maximum Gasteiger partial charge on any atom is 0.145 e. The van der Waals surface area contributed by atoms with Crippen LogP contribution in [0.25, 0.3) is 87.6 Å². The molecule has 0 spiro atoms. The Morgan fingerprint density at radius 2 is 0.964 bits per heavy atom. The summed E-state index contributed by atoms with van der Waals surface area (Å²) in [5.74, 6) is 0. The molecule has 0 unspecified atom stereocenters. The smallest absolute Gasteiger partial charge is 0.145 e. The van der Waals surface area contributed by atoms with Gasteiger partial charge in [-0.1, -0.05) is 158 Å². The lowest BCUT2D eigenvalue weighted by Gasteiger charge is -2.28. The fourth-order valence-corrected chi connectivity index (χ4v) is 8.53. The van der Waals surface area contributed by atoms with E-state index < -0.39 is 0 Å². The van der Waals surface area contributed by atoms with Gasteiger partial charge in [0.2, 0.25) is 0 Å². The third kappa shape index (κ3) is 5.34. The molecular weight excluding hydrogens is 679 g/mol. The standard InChI is InChI=1S/C54H35NO/c1-2-14-39(15-3-1)49-35-43(34-42-18-7-8-20-45(42)49)47-31-32-51(53-48-22-10-11-24-52(48)56-54(47)53)55(50-23-12-19-38-16-6-9-21-46(38)50)44-29-27-37(28-30-44)41-26-25-36-13-4-5-17-40(36)33-41/h1-35H. The first-order valence-electron chi connectivity index (χ1n) is 19.2. The second-order valence-corrected chi connectivity index (χ2v) is 14.5. The van der Waals surface area contributed by atoms with E-state index >= 15 is 0 Å². The number of hydrogen-bond acceptors (Lipinski definition) is 2. The van der Waals surface area contributed by atoms with Crippen LogP contribution in [0.1, 0.15) is 0 Å². The number of nitrogens with zero attached hydrogens (tertiary/aromatic N) is 1. The Morgan fingerprint density at radius 3 is 1.80 bits per heavy atom. The normalized spacial score (nSPS) is 11.6. The van der Waals surface area contributed by atoms with Crippen LogP contribution in [0.15, 0.2) is 217 Å². The van der Waals surface area contributed by atoms with Gasteiger partial charge in [-0.25, -0.2) is 0 Å². The summed E-state index contributed by atoms with van der Waals surface area (Å²) in [6, 6.07) is 76.4. The van der Waals surface area contributed by atoms with Crippen LogP contribution < -0.4 is 4.90 Å². The maximum atomic E-state index is 6.93. The molecule has 2 heteroatoms. The highest BCUT2D eigenvalue weighted by Gasteiger charge is 2.24. The van der Waals surface area contributed by atoms with E-state index in [2.05, 4.69) is 217 Å². The van der Waals surface area contributed by atoms with Gasteiger partial charge < -0.3 is 9.32 Å². The van der Waals surface area contributed by atoms with Crippen molar-refractivity contribution in [2.24, 2.45) is 0 Å². The Morgan fingerprint density at radius 1 is 0.321 bits per heavy atom. The van der Waals surface area contributed by atoms with Crippen molar-refractivity contribution in [3.63, 3.8) is 0 Å². The van der Waals surface area contributed by atoms with Crippen molar-refractivity contribution in [1.82, 2.24) is 0 Å². The second kappa shape index (κ2) is 13.2. The van der Waals surface area contributed by atoms with Crippen LogP contribution in [-0.2, 0) is 0 Å². The molecule has 11 aromatic rings. The minimum atomic E-state index is 0.866. The van der Waals surface area contributed by atoms with Crippen LogP contribution in [0, 0.1) is 0 Å². The predicted molar refractivity (Wildman–Crippen MR) is 237 cm³/mol. The number of para-hydroxylation sites is 1. The van der Waals surface area contributed by atoms with Gasteiger partial charge >= 0.3 is 0 Å². The third-order valence-electron chi connectivity index (χ3n) is 11.2. The summed E-state index contributed by atoms with van der Waals surface area (Å²) in [6.07, 6.45) is 0. The molecule has 0 atom stereocenters.